The molecule has 0 aliphatic heterocycles. The van der Waals surface area contributed by atoms with Gasteiger partial charge >= 0.3 is 5.97 Å². The largest absolute Gasteiger partial charge is 0.476 e. The first-order chi connectivity index (χ1) is 7.68. The molecule has 16 heavy (non-hydrogen) atoms. The van der Waals surface area contributed by atoms with E-state index in [2.05, 4.69) is 9.97 Å². The van der Waals surface area contributed by atoms with E-state index in [-0.39, 0.29) is 5.69 Å². The van der Waals surface area contributed by atoms with Gasteiger partial charge in [0.05, 0.1) is 23.1 Å². The van der Waals surface area contributed by atoms with Crippen molar-refractivity contribution in [3.63, 3.8) is 0 Å². The zero-order valence-corrected chi connectivity index (χ0v) is 8.85. The van der Waals surface area contributed by atoms with Crippen molar-refractivity contribution in [3.05, 3.63) is 47.4 Å². The normalized spacial score (nSPS) is 10.1. The van der Waals surface area contributed by atoms with Crippen LogP contribution in [-0.4, -0.2) is 21.0 Å². The van der Waals surface area contributed by atoms with E-state index in [1.165, 1.54) is 12.4 Å². The van der Waals surface area contributed by atoms with Crippen LogP contribution in [0.1, 0.15) is 10.5 Å². The van der Waals surface area contributed by atoms with E-state index in [1.807, 2.05) is 12.1 Å². The van der Waals surface area contributed by atoms with E-state index in [9.17, 15) is 4.79 Å². The second kappa shape index (κ2) is 4.28. The molecule has 0 aliphatic carbocycles. The Labute approximate surface area is 96.6 Å². The maximum Gasteiger partial charge on any atom is 0.356 e. The third-order valence-corrected chi connectivity index (χ3v) is 2.35. The Hall–Kier alpha value is -1.94. The number of nitrogens with zero attached hydrogens (tertiary/aromatic N) is 2. The molecule has 0 aliphatic rings. The number of halogens is 1. The van der Waals surface area contributed by atoms with Gasteiger partial charge < -0.3 is 5.11 Å². The maximum atomic E-state index is 10.6. The van der Waals surface area contributed by atoms with Crippen molar-refractivity contribution in [1.82, 2.24) is 9.97 Å². The molecule has 2 aromatic rings. The SMILES string of the molecule is O=C(O)c1cnc(-c2ccccc2Cl)cn1. The molecule has 0 saturated carbocycles. The molecule has 1 heterocycles. The van der Waals surface area contributed by atoms with Gasteiger partial charge in [-0.25, -0.2) is 9.78 Å². The van der Waals surface area contributed by atoms with Crippen molar-refractivity contribution in [2.75, 3.05) is 0 Å². The smallest absolute Gasteiger partial charge is 0.356 e. The molecule has 0 fully saturated rings. The predicted octanol–water partition coefficient (Wildman–Crippen LogP) is 2.50. The highest BCUT2D eigenvalue weighted by Gasteiger charge is 2.07. The molecule has 0 bridgehead atoms. The van der Waals surface area contributed by atoms with E-state index in [0.717, 1.165) is 5.56 Å². The number of hydrogen-bond acceptors (Lipinski definition) is 3. The fourth-order valence-corrected chi connectivity index (χ4v) is 1.48. The van der Waals surface area contributed by atoms with E-state index >= 15 is 0 Å². The topological polar surface area (TPSA) is 63.1 Å². The van der Waals surface area contributed by atoms with Crippen LogP contribution in [0, 0.1) is 0 Å². The van der Waals surface area contributed by atoms with Crippen LogP contribution >= 0.6 is 11.6 Å². The number of carboxylic acid groups (broad SMARTS) is 1. The van der Waals surface area contributed by atoms with Crippen molar-refractivity contribution in [1.29, 1.82) is 0 Å². The lowest BCUT2D eigenvalue weighted by molar-refractivity contribution is 0.0690. The molecule has 0 saturated heterocycles. The van der Waals surface area contributed by atoms with Crippen LogP contribution in [0.15, 0.2) is 36.7 Å². The number of carboxylic acids is 1. The van der Waals surface area contributed by atoms with Gasteiger partial charge in [-0.05, 0) is 6.07 Å². The predicted molar refractivity (Wildman–Crippen MR) is 59.4 cm³/mol. The van der Waals surface area contributed by atoms with Gasteiger partial charge in [0.2, 0.25) is 0 Å². The molecule has 2 rings (SSSR count). The lowest BCUT2D eigenvalue weighted by Gasteiger charge is -2.02. The molecule has 1 aromatic carbocycles. The fraction of sp³-hybridized carbons (Fsp3) is 0. The van der Waals surface area contributed by atoms with Crippen LogP contribution in [-0.2, 0) is 0 Å². The molecular weight excluding hydrogens is 228 g/mol. The minimum absolute atomic E-state index is 0.0872. The summed E-state index contributed by atoms with van der Waals surface area (Å²) in [5.41, 5.74) is 1.19. The first-order valence-electron chi connectivity index (χ1n) is 4.49. The van der Waals surface area contributed by atoms with Crippen molar-refractivity contribution in [2.45, 2.75) is 0 Å². The third kappa shape index (κ3) is 2.01. The van der Waals surface area contributed by atoms with E-state index < -0.39 is 5.97 Å². The summed E-state index contributed by atoms with van der Waals surface area (Å²) in [6.07, 6.45) is 2.60. The molecule has 0 amide bonds. The number of rotatable bonds is 2. The quantitative estimate of drug-likeness (QED) is 0.867. The summed E-state index contributed by atoms with van der Waals surface area (Å²) in [6.45, 7) is 0. The van der Waals surface area contributed by atoms with Crippen LogP contribution < -0.4 is 0 Å². The van der Waals surface area contributed by atoms with Crippen molar-refractivity contribution < 1.29 is 9.90 Å². The van der Waals surface area contributed by atoms with Crippen molar-refractivity contribution >= 4 is 17.6 Å². The van der Waals surface area contributed by atoms with Crippen LogP contribution in [0.2, 0.25) is 5.02 Å². The second-order valence-electron chi connectivity index (χ2n) is 3.07. The van der Waals surface area contributed by atoms with Gasteiger partial charge in [-0.15, -0.1) is 0 Å². The number of aromatic carboxylic acids is 1. The third-order valence-electron chi connectivity index (χ3n) is 2.02. The Kier molecular flexibility index (Phi) is 2.83. The monoisotopic (exact) mass is 234 g/mol. The number of benzene rings is 1. The minimum Gasteiger partial charge on any atom is -0.476 e. The van der Waals surface area contributed by atoms with Crippen molar-refractivity contribution in [2.24, 2.45) is 0 Å². The summed E-state index contributed by atoms with van der Waals surface area (Å²) in [5, 5.41) is 9.23. The summed E-state index contributed by atoms with van der Waals surface area (Å²) in [7, 11) is 0. The first kappa shape index (κ1) is 10.6. The average Bonchev–Trinajstić information content (AvgIpc) is 2.30. The Morgan fingerprint density at radius 2 is 1.94 bits per heavy atom. The maximum absolute atomic E-state index is 10.6. The van der Waals surface area contributed by atoms with Gasteiger partial charge in [0.1, 0.15) is 0 Å². The van der Waals surface area contributed by atoms with Gasteiger partial charge in [0.25, 0.3) is 0 Å². The van der Waals surface area contributed by atoms with Gasteiger partial charge in [-0.2, -0.15) is 0 Å². The van der Waals surface area contributed by atoms with Gasteiger partial charge in [0, 0.05) is 5.56 Å². The molecule has 5 heteroatoms. The van der Waals surface area contributed by atoms with Gasteiger partial charge in [-0.1, -0.05) is 29.8 Å². The van der Waals surface area contributed by atoms with Gasteiger partial charge in [0.15, 0.2) is 5.69 Å². The number of carbonyl (C=O) groups is 1. The van der Waals surface area contributed by atoms with Crippen LogP contribution in [0.4, 0.5) is 0 Å². The molecular formula is C11H7ClN2O2. The van der Waals surface area contributed by atoms with Crippen molar-refractivity contribution in [3.8, 4) is 11.3 Å². The highest BCUT2D eigenvalue weighted by molar-refractivity contribution is 6.33. The zero-order valence-electron chi connectivity index (χ0n) is 8.09. The summed E-state index contributed by atoms with van der Waals surface area (Å²) >= 11 is 5.98. The second-order valence-corrected chi connectivity index (χ2v) is 3.48. The molecule has 1 aromatic heterocycles. The molecule has 0 atom stereocenters. The lowest BCUT2D eigenvalue weighted by atomic mass is 10.1. The Morgan fingerprint density at radius 3 is 2.50 bits per heavy atom. The molecule has 1 N–H and O–H groups in total. The van der Waals surface area contributed by atoms with Crippen LogP contribution in [0.5, 0.6) is 0 Å². The molecule has 80 valence electrons. The van der Waals surface area contributed by atoms with Crippen LogP contribution in [0.25, 0.3) is 11.3 Å². The molecule has 4 nitrogen and oxygen atoms in total. The first-order valence-corrected chi connectivity index (χ1v) is 4.86. The summed E-state index contributed by atoms with van der Waals surface area (Å²) < 4.78 is 0. The van der Waals surface area contributed by atoms with Crippen LogP contribution in [0.3, 0.4) is 0 Å². The van der Waals surface area contributed by atoms with E-state index in [4.69, 9.17) is 16.7 Å². The Balaban J connectivity index is 2.43. The van der Waals surface area contributed by atoms with Gasteiger partial charge in [-0.3, -0.25) is 4.98 Å². The Morgan fingerprint density at radius 1 is 1.19 bits per heavy atom. The number of aromatic nitrogens is 2. The number of hydrogen-bond donors (Lipinski definition) is 1. The van der Waals surface area contributed by atoms with E-state index in [0.29, 0.717) is 10.7 Å². The Bertz CT molecular complexity index is 526. The van der Waals surface area contributed by atoms with E-state index in [1.54, 1.807) is 12.1 Å². The highest BCUT2D eigenvalue weighted by atomic mass is 35.5. The molecule has 0 unspecified atom stereocenters. The standard InChI is InChI=1S/C11H7ClN2O2/c12-8-4-2-1-3-7(8)9-5-14-10(6-13-9)11(15)16/h1-6H,(H,15,16). The minimum atomic E-state index is -1.10. The average molecular weight is 235 g/mol. The highest BCUT2D eigenvalue weighted by Crippen LogP contribution is 2.24. The molecule has 0 radical (unpaired) electrons. The summed E-state index contributed by atoms with van der Waals surface area (Å²) in [4.78, 5) is 18.4. The lowest BCUT2D eigenvalue weighted by Crippen LogP contribution is -2.01. The summed E-state index contributed by atoms with van der Waals surface area (Å²) in [5.74, 6) is -1.10. The fourth-order valence-electron chi connectivity index (χ4n) is 1.25. The molecule has 0 spiro atoms. The summed E-state index contributed by atoms with van der Waals surface area (Å²) in [6, 6.07) is 7.18. The zero-order chi connectivity index (χ0) is 11.5.